The molecule has 0 aliphatic heterocycles. The summed E-state index contributed by atoms with van der Waals surface area (Å²) in [4.78, 5) is 0. The van der Waals surface area contributed by atoms with Gasteiger partial charge in [0, 0.05) is 5.02 Å². The van der Waals surface area contributed by atoms with Crippen molar-refractivity contribution in [2.24, 2.45) is 5.10 Å². The van der Waals surface area contributed by atoms with E-state index in [-0.39, 0.29) is 0 Å². The molecule has 98 valence electrons. The van der Waals surface area contributed by atoms with Crippen molar-refractivity contribution in [3.05, 3.63) is 63.1 Å². The van der Waals surface area contributed by atoms with Crippen LogP contribution >= 0.6 is 34.8 Å². The summed E-state index contributed by atoms with van der Waals surface area (Å²) in [6, 6.07) is 12.7. The molecular formula is C14H11Cl3N2. The second-order valence-corrected chi connectivity index (χ2v) is 5.20. The van der Waals surface area contributed by atoms with Crippen LogP contribution < -0.4 is 5.43 Å². The van der Waals surface area contributed by atoms with E-state index >= 15 is 0 Å². The van der Waals surface area contributed by atoms with Crippen LogP contribution in [0.5, 0.6) is 0 Å². The van der Waals surface area contributed by atoms with E-state index in [0.29, 0.717) is 15.1 Å². The fraction of sp³-hybridized carbons (Fsp3) is 0.0714. The Balaban J connectivity index is 2.13. The summed E-state index contributed by atoms with van der Waals surface area (Å²) >= 11 is 17.6. The smallest absolute Gasteiger partial charge is 0.0648 e. The molecule has 0 aliphatic carbocycles. The maximum atomic E-state index is 5.93. The van der Waals surface area contributed by atoms with Crippen LogP contribution in [0.1, 0.15) is 12.5 Å². The Morgan fingerprint density at radius 3 is 2.26 bits per heavy atom. The van der Waals surface area contributed by atoms with E-state index in [1.165, 1.54) is 0 Å². The Morgan fingerprint density at radius 1 is 0.947 bits per heavy atom. The monoisotopic (exact) mass is 312 g/mol. The number of rotatable bonds is 3. The molecule has 2 aromatic rings. The summed E-state index contributed by atoms with van der Waals surface area (Å²) in [5.41, 5.74) is 5.56. The van der Waals surface area contributed by atoms with Gasteiger partial charge >= 0.3 is 0 Å². The first-order chi connectivity index (χ1) is 9.06. The van der Waals surface area contributed by atoms with Gasteiger partial charge < -0.3 is 0 Å². The first kappa shape index (κ1) is 14.2. The standard InChI is InChI=1S/C14H11Cl3N2/c1-9(10-2-4-11(15)5-3-10)18-19-12-6-7-13(16)14(17)8-12/h2-8,19H,1H3/b18-9-. The average molecular weight is 314 g/mol. The molecule has 0 amide bonds. The molecule has 0 aromatic heterocycles. The second-order valence-electron chi connectivity index (χ2n) is 3.94. The third-order valence-corrected chi connectivity index (χ3v) is 3.53. The van der Waals surface area contributed by atoms with Gasteiger partial charge in [0.05, 0.1) is 21.4 Å². The predicted molar refractivity (Wildman–Crippen MR) is 83.7 cm³/mol. The minimum atomic E-state index is 0.492. The highest BCUT2D eigenvalue weighted by atomic mass is 35.5. The summed E-state index contributed by atoms with van der Waals surface area (Å²) in [6.07, 6.45) is 0. The van der Waals surface area contributed by atoms with Crippen molar-refractivity contribution in [1.82, 2.24) is 0 Å². The molecule has 0 bridgehead atoms. The third-order valence-electron chi connectivity index (χ3n) is 2.53. The maximum Gasteiger partial charge on any atom is 0.0648 e. The lowest BCUT2D eigenvalue weighted by molar-refractivity contribution is 1.32. The van der Waals surface area contributed by atoms with Crippen molar-refractivity contribution < 1.29 is 0 Å². The van der Waals surface area contributed by atoms with E-state index < -0.39 is 0 Å². The van der Waals surface area contributed by atoms with Crippen LogP contribution in [0.4, 0.5) is 5.69 Å². The molecule has 0 radical (unpaired) electrons. The predicted octanol–water partition coefficient (Wildman–Crippen LogP) is 5.48. The highest BCUT2D eigenvalue weighted by Crippen LogP contribution is 2.25. The van der Waals surface area contributed by atoms with Gasteiger partial charge in [0.2, 0.25) is 0 Å². The number of anilines is 1. The second kappa shape index (κ2) is 6.29. The SMILES string of the molecule is C/C(=N/Nc1ccc(Cl)c(Cl)c1)c1ccc(Cl)cc1. The van der Waals surface area contributed by atoms with Crippen LogP contribution in [0, 0.1) is 0 Å². The zero-order chi connectivity index (χ0) is 13.8. The summed E-state index contributed by atoms with van der Waals surface area (Å²) in [5.74, 6) is 0. The van der Waals surface area contributed by atoms with E-state index in [4.69, 9.17) is 34.8 Å². The number of halogens is 3. The lowest BCUT2D eigenvalue weighted by Gasteiger charge is -2.05. The van der Waals surface area contributed by atoms with Crippen LogP contribution in [-0.2, 0) is 0 Å². The van der Waals surface area contributed by atoms with Gasteiger partial charge in [0.1, 0.15) is 0 Å². The normalized spacial score (nSPS) is 11.5. The van der Waals surface area contributed by atoms with Crippen molar-refractivity contribution in [3.8, 4) is 0 Å². The Morgan fingerprint density at radius 2 is 1.63 bits per heavy atom. The fourth-order valence-corrected chi connectivity index (χ4v) is 1.89. The molecule has 0 saturated heterocycles. The van der Waals surface area contributed by atoms with Crippen LogP contribution in [0.3, 0.4) is 0 Å². The van der Waals surface area contributed by atoms with Gasteiger partial charge in [-0.1, -0.05) is 46.9 Å². The highest BCUT2D eigenvalue weighted by Gasteiger charge is 2.00. The average Bonchev–Trinajstić information content (AvgIpc) is 2.40. The molecular weight excluding hydrogens is 303 g/mol. The molecule has 2 aromatic carbocycles. The molecule has 0 unspecified atom stereocenters. The van der Waals surface area contributed by atoms with Crippen LogP contribution in [-0.4, -0.2) is 5.71 Å². The minimum Gasteiger partial charge on any atom is -0.278 e. The van der Waals surface area contributed by atoms with Gasteiger partial charge in [-0.2, -0.15) is 5.10 Å². The van der Waals surface area contributed by atoms with Crippen LogP contribution in [0.2, 0.25) is 15.1 Å². The molecule has 2 nitrogen and oxygen atoms in total. The molecule has 0 aliphatic rings. The van der Waals surface area contributed by atoms with E-state index in [1.807, 2.05) is 37.3 Å². The quantitative estimate of drug-likeness (QED) is 0.588. The highest BCUT2D eigenvalue weighted by molar-refractivity contribution is 6.42. The third kappa shape index (κ3) is 3.87. The lowest BCUT2D eigenvalue weighted by Crippen LogP contribution is -1.99. The van der Waals surface area contributed by atoms with Gasteiger partial charge in [-0.05, 0) is 42.8 Å². The van der Waals surface area contributed by atoms with Crippen molar-refractivity contribution >= 4 is 46.2 Å². The molecule has 0 heterocycles. The summed E-state index contributed by atoms with van der Waals surface area (Å²) in [6.45, 7) is 1.91. The number of hydrogen-bond acceptors (Lipinski definition) is 2. The molecule has 0 fully saturated rings. The van der Waals surface area contributed by atoms with E-state index in [9.17, 15) is 0 Å². The molecule has 1 N–H and O–H groups in total. The lowest BCUT2D eigenvalue weighted by atomic mass is 10.1. The Hall–Kier alpha value is -1.22. The van der Waals surface area contributed by atoms with Gasteiger partial charge in [-0.25, -0.2) is 0 Å². The topological polar surface area (TPSA) is 24.4 Å². The van der Waals surface area contributed by atoms with Gasteiger partial charge in [0.15, 0.2) is 0 Å². The zero-order valence-electron chi connectivity index (χ0n) is 10.1. The largest absolute Gasteiger partial charge is 0.278 e. The number of nitrogens with one attached hydrogen (secondary N) is 1. The molecule has 0 spiro atoms. The Kier molecular flexibility index (Phi) is 4.70. The molecule has 0 saturated carbocycles. The van der Waals surface area contributed by atoms with Gasteiger partial charge in [-0.15, -0.1) is 0 Å². The van der Waals surface area contributed by atoms with Crippen molar-refractivity contribution in [2.75, 3.05) is 5.43 Å². The van der Waals surface area contributed by atoms with Gasteiger partial charge in [-0.3, -0.25) is 5.43 Å². The van der Waals surface area contributed by atoms with E-state index in [1.54, 1.807) is 12.1 Å². The maximum absolute atomic E-state index is 5.93. The van der Waals surface area contributed by atoms with Gasteiger partial charge in [0.25, 0.3) is 0 Å². The van der Waals surface area contributed by atoms with E-state index in [2.05, 4.69) is 10.5 Å². The first-order valence-electron chi connectivity index (χ1n) is 5.57. The van der Waals surface area contributed by atoms with Crippen molar-refractivity contribution in [2.45, 2.75) is 6.92 Å². The molecule has 19 heavy (non-hydrogen) atoms. The van der Waals surface area contributed by atoms with E-state index in [0.717, 1.165) is 17.0 Å². The number of hydrazone groups is 1. The Bertz CT molecular complexity index is 607. The molecule has 5 heteroatoms. The number of hydrogen-bond donors (Lipinski definition) is 1. The minimum absolute atomic E-state index is 0.492. The summed E-state index contributed by atoms with van der Waals surface area (Å²) < 4.78 is 0. The Labute approximate surface area is 127 Å². The zero-order valence-corrected chi connectivity index (χ0v) is 12.4. The van der Waals surface area contributed by atoms with Crippen molar-refractivity contribution in [1.29, 1.82) is 0 Å². The molecule has 0 atom stereocenters. The van der Waals surface area contributed by atoms with Crippen LogP contribution in [0.25, 0.3) is 0 Å². The molecule has 2 rings (SSSR count). The number of benzene rings is 2. The fourth-order valence-electron chi connectivity index (χ4n) is 1.47. The van der Waals surface area contributed by atoms with Crippen LogP contribution in [0.15, 0.2) is 47.6 Å². The summed E-state index contributed by atoms with van der Waals surface area (Å²) in [5, 5.41) is 6.00. The summed E-state index contributed by atoms with van der Waals surface area (Å²) in [7, 11) is 0. The first-order valence-corrected chi connectivity index (χ1v) is 6.71. The number of nitrogens with zero attached hydrogens (tertiary/aromatic N) is 1. The van der Waals surface area contributed by atoms with Crippen molar-refractivity contribution in [3.63, 3.8) is 0 Å².